The minimum atomic E-state index is -1.42. The molecule has 4 amide bonds. The number of hydrogen-bond donors (Lipinski definition) is 16. The smallest absolute Gasteiger partial charge is 0.271 e. The molecule has 0 bridgehead atoms. The molecule has 0 fully saturated rings. The van der Waals surface area contributed by atoms with Gasteiger partial charge >= 0.3 is 0 Å². The van der Waals surface area contributed by atoms with Crippen molar-refractivity contribution in [3.63, 3.8) is 0 Å². The number of amides is 4. The Bertz CT molecular complexity index is 1300. The molecule has 292 valence electrons. The van der Waals surface area contributed by atoms with Gasteiger partial charge in [-0.25, -0.2) is 15.0 Å². The lowest BCUT2D eigenvalue weighted by molar-refractivity contribution is -0.0124. The minimum Gasteiger partial charge on any atom is -0.394 e. The zero-order valence-corrected chi connectivity index (χ0v) is 27.4. The van der Waals surface area contributed by atoms with Crippen LogP contribution in [0.5, 0.6) is 0 Å². The molecule has 0 aromatic carbocycles. The van der Waals surface area contributed by atoms with Crippen LogP contribution >= 0.6 is 0 Å². The van der Waals surface area contributed by atoms with Crippen LogP contribution in [0.3, 0.4) is 0 Å². The van der Waals surface area contributed by atoms with Crippen molar-refractivity contribution >= 4 is 23.6 Å². The highest BCUT2D eigenvalue weighted by atomic mass is 16.4. The quantitative estimate of drug-likeness (QED) is 0.0597. The Morgan fingerprint density at radius 1 is 0.423 bits per heavy atom. The van der Waals surface area contributed by atoms with Crippen LogP contribution in [0.2, 0.25) is 0 Å². The summed E-state index contributed by atoms with van der Waals surface area (Å²) < 4.78 is 0. The van der Waals surface area contributed by atoms with Gasteiger partial charge in [-0.05, 0) is 0 Å². The van der Waals surface area contributed by atoms with E-state index >= 15 is 0 Å². The Morgan fingerprint density at radius 3 is 0.904 bits per heavy atom. The first kappa shape index (κ1) is 45.6. The maximum atomic E-state index is 11.9. The highest BCUT2D eigenvalue weighted by Crippen LogP contribution is 2.01. The van der Waals surface area contributed by atoms with Crippen LogP contribution in [0.25, 0.3) is 0 Å². The number of carbonyl (C=O) groups is 4. The van der Waals surface area contributed by atoms with E-state index < -0.39 is 98.9 Å². The fourth-order valence-corrected chi connectivity index (χ4v) is 3.33. The van der Waals surface area contributed by atoms with Gasteiger partial charge in [-0.15, -0.1) is 0 Å². The summed E-state index contributed by atoms with van der Waals surface area (Å²) in [5.74, 6) is -2.97. The van der Waals surface area contributed by atoms with Crippen molar-refractivity contribution in [2.45, 2.75) is 48.8 Å². The van der Waals surface area contributed by atoms with Gasteiger partial charge in [0.25, 0.3) is 23.6 Å². The van der Waals surface area contributed by atoms with Crippen molar-refractivity contribution in [3.8, 4) is 0 Å². The maximum absolute atomic E-state index is 11.9. The van der Waals surface area contributed by atoms with Gasteiger partial charge in [0.2, 0.25) is 0 Å². The van der Waals surface area contributed by atoms with E-state index in [0.717, 1.165) is 24.8 Å². The number of nitrogens with zero attached hydrogens (tertiary/aromatic N) is 4. The third-order valence-electron chi connectivity index (χ3n) is 6.63. The molecule has 0 aliphatic carbocycles. The SMILES string of the molecule is O=C(NCC(O)C(O)CO)c1cnc(C(=O)NCC(O)C(O)CO)cn1.O=C(NCC(O)C(O)CO)c1cncc(C(=O)NCC(O)C(O)CO)n1. The third kappa shape index (κ3) is 15.8. The molecule has 0 aliphatic heterocycles. The van der Waals surface area contributed by atoms with Crippen LogP contribution in [0, 0.1) is 0 Å². The normalized spacial score (nSPS) is 15.6. The lowest BCUT2D eigenvalue weighted by Crippen LogP contribution is -2.41. The monoisotopic (exact) mass is 748 g/mol. The standard InChI is InChI=1S/2C14H22N4O8/c19-5-11(23)9(21)3-17-13(25)7-1-15-8(2-16-7)14(26)18-4-10(22)12(24)6-20;19-5-11(23)9(21)3-16-13(25)7-1-15-2-8(18-7)14(26)17-4-10(22)12(24)6-20/h1-2,9-12,19-24H,3-6H2,(H,17,25)(H,18,26);1-2,9-12,19-24H,3-6H2,(H,16,25)(H,17,26). The summed E-state index contributed by atoms with van der Waals surface area (Å²) in [5.41, 5.74) is -0.774. The van der Waals surface area contributed by atoms with Crippen molar-refractivity contribution in [2.75, 3.05) is 52.6 Å². The predicted octanol–water partition coefficient (Wildman–Crippen LogP) is -9.27. The first-order valence-electron chi connectivity index (χ1n) is 15.2. The lowest BCUT2D eigenvalue weighted by Gasteiger charge is -2.16. The first-order valence-corrected chi connectivity index (χ1v) is 15.2. The van der Waals surface area contributed by atoms with E-state index in [2.05, 4.69) is 41.2 Å². The third-order valence-corrected chi connectivity index (χ3v) is 6.63. The second-order valence-corrected chi connectivity index (χ2v) is 10.7. The topological polar surface area (TPSA) is 411 Å². The maximum Gasteiger partial charge on any atom is 0.271 e. The van der Waals surface area contributed by atoms with Crippen molar-refractivity contribution < 1.29 is 80.5 Å². The largest absolute Gasteiger partial charge is 0.394 e. The van der Waals surface area contributed by atoms with Gasteiger partial charge in [0.15, 0.2) is 0 Å². The summed E-state index contributed by atoms with van der Waals surface area (Å²) in [6.07, 6.45) is -6.94. The second-order valence-electron chi connectivity index (χ2n) is 10.7. The molecule has 2 heterocycles. The van der Waals surface area contributed by atoms with Crippen LogP contribution in [0.1, 0.15) is 42.0 Å². The van der Waals surface area contributed by atoms with Gasteiger partial charge < -0.3 is 82.5 Å². The van der Waals surface area contributed by atoms with E-state index in [9.17, 15) is 60.0 Å². The Morgan fingerprint density at radius 2 is 0.673 bits per heavy atom. The Balaban J connectivity index is 0.000000520. The number of nitrogens with one attached hydrogen (secondary N) is 4. The van der Waals surface area contributed by atoms with E-state index in [0.29, 0.717) is 0 Å². The molecule has 2 aromatic heterocycles. The van der Waals surface area contributed by atoms with Crippen LogP contribution < -0.4 is 21.3 Å². The number of aliphatic hydroxyl groups is 12. The summed E-state index contributed by atoms with van der Waals surface area (Å²) in [5, 5.41) is 118. The molecule has 0 radical (unpaired) electrons. The van der Waals surface area contributed by atoms with E-state index in [1.807, 2.05) is 0 Å². The molecule has 0 saturated heterocycles. The van der Waals surface area contributed by atoms with E-state index in [4.69, 9.17) is 20.4 Å². The van der Waals surface area contributed by atoms with E-state index in [1.165, 1.54) is 0 Å². The molecule has 52 heavy (non-hydrogen) atoms. The van der Waals surface area contributed by atoms with Crippen molar-refractivity contribution in [3.05, 3.63) is 47.6 Å². The molecular formula is C28H44N8O16. The average molecular weight is 749 g/mol. The summed E-state index contributed by atoms with van der Waals surface area (Å²) in [4.78, 5) is 62.4. The van der Waals surface area contributed by atoms with Gasteiger partial charge in [0.1, 0.15) is 47.2 Å². The van der Waals surface area contributed by atoms with E-state index in [-0.39, 0.29) is 49.0 Å². The fraction of sp³-hybridized carbons (Fsp3) is 0.571. The number of aliphatic hydroxyl groups excluding tert-OH is 12. The molecule has 0 aliphatic rings. The van der Waals surface area contributed by atoms with Crippen LogP contribution in [-0.4, -0.2) is 206 Å². The van der Waals surface area contributed by atoms with Gasteiger partial charge in [-0.3, -0.25) is 24.2 Å². The zero-order valence-electron chi connectivity index (χ0n) is 27.4. The molecule has 8 unspecified atom stereocenters. The average Bonchev–Trinajstić information content (AvgIpc) is 3.18. The molecule has 2 aromatic rings. The van der Waals surface area contributed by atoms with Crippen LogP contribution in [0.4, 0.5) is 0 Å². The number of hydrogen-bond acceptors (Lipinski definition) is 20. The Kier molecular flexibility index (Phi) is 21.0. The van der Waals surface area contributed by atoms with Gasteiger partial charge in [-0.2, -0.15) is 0 Å². The van der Waals surface area contributed by atoms with Crippen molar-refractivity contribution in [1.82, 2.24) is 41.2 Å². The van der Waals surface area contributed by atoms with Crippen molar-refractivity contribution in [1.29, 1.82) is 0 Å². The summed E-state index contributed by atoms with van der Waals surface area (Å²) in [6, 6.07) is 0. The Hall–Kier alpha value is -4.44. The minimum absolute atomic E-state index is 0.150. The number of aromatic nitrogens is 4. The molecular weight excluding hydrogens is 704 g/mol. The summed E-state index contributed by atoms with van der Waals surface area (Å²) in [7, 11) is 0. The molecule has 8 atom stereocenters. The van der Waals surface area contributed by atoms with Gasteiger partial charge in [-0.1, -0.05) is 0 Å². The summed E-state index contributed by atoms with van der Waals surface area (Å²) in [6.45, 7) is -4.04. The second kappa shape index (κ2) is 23.9. The van der Waals surface area contributed by atoms with Crippen LogP contribution in [0.15, 0.2) is 24.8 Å². The van der Waals surface area contributed by atoms with E-state index in [1.54, 1.807) is 0 Å². The lowest BCUT2D eigenvalue weighted by atomic mass is 10.2. The molecule has 0 spiro atoms. The highest BCUT2D eigenvalue weighted by Gasteiger charge is 2.21. The van der Waals surface area contributed by atoms with Gasteiger partial charge in [0.05, 0.1) is 75.6 Å². The zero-order chi connectivity index (χ0) is 39.4. The number of carbonyl (C=O) groups excluding carboxylic acids is 4. The highest BCUT2D eigenvalue weighted by molar-refractivity contribution is 5.96. The summed E-state index contributed by atoms with van der Waals surface area (Å²) >= 11 is 0. The predicted molar refractivity (Wildman–Crippen MR) is 170 cm³/mol. The molecule has 16 N–H and O–H groups in total. The molecule has 24 nitrogen and oxygen atoms in total. The molecule has 2 rings (SSSR count). The van der Waals surface area contributed by atoms with Crippen LogP contribution in [-0.2, 0) is 0 Å². The van der Waals surface area contributed by atoms with Crippen molar-refractivity contribution in [2.24, 2.45) is 0 Å². The number of rotatable bonds is 20. The Labute approximate surface area is 294 Å². The first-order chi connectivity index (χ1) is 24.6. The van der Waals surface area contributed by atoms with Gasteiger partial charge in [0, 0.05) is 26.2 Å². The molecule has 0 saturated carbocycles. The molecule has 24 heteroatoms. The fourth-order valence-electron chi connectivity index (χ4n) is 3.33.